The summed E-state index contributed by atoms with van der Waals surface area (Å²) in [6.07, 6.45) is 0.139. The van der Waals surface area contributed by atoms with Gasteiger partial charge in [0.25, 0.3) is 0 Å². The Morgan fingerprint density at radius 1 is 1.32 bits per heavy atom. The molecule has 0 radical (unpaired) electrons. The Morgan fingerprint density at radius 2 is 1.95 bits per heavy atom. The first-order valence-electron chi connectivity index (χ1n) is 6.77. The fourth-order valence-electron chi connectivity index (χ4n) is 2.08. The Bertz CT molecular complexity index is 335. The molecular weight excluding hydrogens is 246 g/mol. The summed E-state index contributed by atoms with van der Waals surface area (Å²) < 4.78 is 11.0. The normalized spacial score (nSPS) is 25.1. The van der Waals surface area contributed by atoms with E-state index >= 15 is 0 Å². The Morgan fingerprint density at radius 3 is 2.47 bits per heavy atom. The molecule has 1 aliphatic heterocycles. The van der Waals surface area contributed by atoms with E-state index in [1.54, 1.807) is 0 Å². The highest BCUT2D eigenvalue weighted by molar-refractivity contribution is 5.81. The van der Waals surface area contributed by atoms with Crippen LogP contribution in [0.1, 0.15) is 47.5 Å². The molecule has 5 heteroatoms. The molecule has 5 nitrogen and oxygen atoms in total. The zero-order valence-electron chi connectivity index (χ0n) is 12.6. The topological polar surface area (TPSA) is 55.8 Å². The lowest BCUT2D eigenvalue weighted by atomic mass is 10.0. The Labute approximate surface area is 115 Å². The molecule has 110 valence electrons. The maximum atomic E-state index is 11.7. The summed E-state index contributed by atoms with van der Waals surface area (Å²) in [4.78, 5) is 24.7. The van der Waals surface area contributed by atoms with Gasteiger partial charge in [0.1, 0.15) is 5.78 Å². The summed E-state index contributed by atoms with van der Waals surface area (Å²) in [6.45, 7) is 10.8. The van der Waals surface area contributed by atoms with E-state index in [0.717, 1.165) is 6.54 Å². The van der Waals surface area contributed by atoms with E-state index in [4.69, 9.17) is 9.47 Å². The first kappa shape index (κ1) is 16.1. The zero-order chi connectivity index (χ0) is 14.6. The predicted octanol–water partition coefficient (Wildman–Crippen LogP) is 1.74. The van der Waals surface area contributed by atoms with Gasteiger partial charge in [0.2, 0.25) is 0 Å². The van der Waals surface area contributed by atoms with Gasteiger partial charge in [0.05, 0.1) is 19.1 Å². The van der Waals surface area contributed by atoms with E-state index in [-0.39, 0.29) is 42.5 Å². The van der Waals surface area contributed by atoms with Gasteiger partial charge in [-0.1, -0.05) is 0 Å². The highest BCUT2D eigenvalue weighted by Gasteiger charge is 2.36. The Hall–Kier alpha value is -0.940. The van der Waals surface area contributed by atoms with Crippen LogP contribution in [0.5, 0.6) is 0 Å². The van der Waals surface area contributed by atoms with Gasteiger partial charge in [0.15, 0.2) is 6.23 Å². The third-order valence-electron chi connectivity index (χ3n) is 3.14. The molecule has 1 aliphatic rings. The van der Waals surface area contributed by atoms with Crippen molar-refractivity contribution in [3.8, 4) is 0 Å². The molecule has 0 N–H and O–H groups in total. The van der Waals surface area contributed by atoms with Gasteiger partial charge in [-0.2, -0.15) is 0 Å². The summed E-state index contributed by atoms with van der Waals surface area (Å²) in [5, 5.41) is 0. The molecule has 0 bridgehead atoms. The molecule has 2 unspecified atom stereocenters. The second-order valence-corrected chi connectivity index (χ2v) is 6.11. The van der Waals surface area contributed by atoms with Crippen LogP contribution in [-0.2, 0) is 19.1 Å². The number of Topliss-reactive ketones (excluding diaryl/α,β-unsaturated/α-hetero) is 1. The van der Waals surface area contributed by atoms with Gasteiger partial charge in [-0.25, -0.2) is 0 Å². The molecule has 1 saturated heterocycles. The van der Waals surface area contributed by atoms with Crippen molar-refractivity contribution in [3.63, 3.8) is 0 Å². The van der Waals surface area contributed by atoms with Crippen molar-refractivity contribution in [1.29, 1.82) is 0 Å². The van der Waals surface area contributed by atoms with E-state index in [0.29, 0.717) is 6.61 Å². The van der Waals surface area contributed by atoms with Crippen LogP contribution in [0.3, 0.4) is 0 Å². The molecule has 19 heavy (non-hydrogen) atoms. The molecule has 0 spiro atoms. The molecule has 0 saturated carbocycles. The Kier molecular flexibility index (Phi) is 5.50. The smallest absolute Gasteiger partial charge is 0.307 e. The van der Waals surface area contributed by atoms with Gasteiger partial charge < -0.3 is 14.3 Å². The van der Waals surface area contributed by atoms with Crippen molar-refractivity contribution in [1.82, 2.24) is 4.90 Å². The number of rotatable bonds is 4. The molecule has 1 heterocycles. The minimum absolute atomic E-state index is 0.00172. The predicted molar refractivity (Wildman–Crippen MR) is 71.7 cm³/mol. The number of nitrogens with zero attached hydrogens (tertiary/aromatic N) is 1. The lowest BCUT2D eigenvalue weighted by molar-refractivity contribution is -0.197. The molecule has 0 aromatic carbocycles. The maximum Gasteiger partial charge on any atom is 0.307 e. The third-order valence-corrected chi connectivity index (χ3v) is 3.14. The third kappa shape index (κ3) is 5.28. The van der Waals surface area contributed by atoms with Crippen molar-refractivity contribution < 1.29 is 19.1 Å². The number of hydrogen-bond donors (Lipinski definition) is 0. The lowest BCUT2D eigenvalue weighted by Crippen LogP contribution is -2.58. The molecule has 0 amide bonds. The van der Waals surface area contributed by atoms with Crippen molar-refractivity contribution in [2.45, 2.75) is 65.3 Å². The van der Waals surface area contributed by atoms with Gasteiger partial charge in [0, 0.05) is 18.5 Å². The van der Waals surface area contributed by atoms with E-state index in [1.165, 1.54) is 6.92 Å². The van der Waals surface area contributed by atoms with Crippen molar-refractivity contribution >= 4 is 11.8 Å². The lowest BCUT2D eigenvalue weighted by Gasteiger charge is -2.45. The average molecular weight is 271 g/mol. The fraction of sp³-hybridized carbons (Fsp3) is 0.857. The van der Waals surface area contributed by atoms with Crippen LogP contribution in [0, 0.1) is 0 Å². The molecule has 0 aromatic heterocycles. The van der Waals surface area contributed by atoms with Gasteiger partial charge in [-0.3, -0.25) is 9.69 Å². The van der Waals surface area contributed by atoms with E-state index in [1.807, 2.05) is 6.92 Å². The van der Waals surface area contributed by atoms with Crippen LogP contribution in [-0.4, -0.2) is 47.7 Å². The summed E-state index contributed by atoms with van der Waals surface area (Å²) in [5.41, 5.74) is -0.0937. The molecule has 0 aliphatic carbocycles. The van der Waals surface area contributed by atoms with Gasteiger partial charge >= 0.3 is 5.97 Å². The van der Waals surface area contributed by atoms with E-state index in [2.05, 4.69) is 25.7 Å². The average Bonchev–Trinajstić information content (AvgIpc) is 2.27. The largest absolute Gasteiger partial charge is 0.444 e. The summed E-state index contributed by atoms with van der Waals surface area (Å²) in [5.74, 6) is -0.342. The molecule has 2 atom stereocenters. The summed E-state index contributed by atoms with van der Waals surface area (Å²) in [7, 11) is 0. The number of carbonyl (C=O) groups excluding carboxylic acids is 2. The van der Waals surface area contributed by atoms with Crippen molar-refractivity contribution in [2.75, 3.05) is 13.2 Å². The van der Waals surface area contributed by atoms with Crippen LogP contribution in [0.2, 0.25) is 0 Å². The van der Waals surface area contributed by atoms with Crippen LogP contribution in [0.25, 0.3) is 0 Å². The monoisotopic (exact) mass is 271 g/mol. The van der Waals surface area contributed by atoms with Crippen LogP contribution >= 0.6 is 0 Å². The second-order valence-electron chi connectivity index (χ2n) is 6.11. The molecule has 1 fully saturated rings. The number of carbonyl (C=O) groups is 2. The molecule has 1 rings (SSSR count). The van der Waals surface area contributed by atoms with Gasteiger partial charge in [-0.05, 0) is 34.6 Å². The summed E-state index contributed by atoms with van der Waals surface area (Å²) in [6, 6.07) is 0. The van der Waals surface area contributed by atoms with Crippen molar-refractivity contribution in [2.24, 2.45) is 0 Å². The quantitative estimate of drug-likeness (QED) is 0.729. The SMILES string of the molecule is CC(=O)CCC(=O)OC1COC(C)CN1C(C)(C)C. The fourth-order valence-corrected chi connectivity index (χ4v) is 2.08. The standard InChI is InChI=1S/C14H25NO4/c1-10(16)6-7-13(17)19-12-9-18-11(2)8-15(12)14(3,4)5/h11-12H,6-9H2,1-5H3. The van der Waals surface area contributed by atoms with E-state index in [9.17, 15) is 9.59 Å². The molecule has 0 aromatic rings. The summed E-state index contributed by atoms with van der Waals surface area (Å²) >= 11 is 0. The minimum Gasteiger partial charge on any atom is -0.444 e. The first-order chi connectivity index (χ1) is 8.70. The highest BCUT2D eigenvalue weighted by Crippen LogP contribution is 2.23. The van der Waals surface area contributed by atoms with E-state index < -0.39 is 0 Å². The Balaban J connectivity index is 2.58. The minimum atomic E-state index is -0.365. The maximum absolute atomic E-state index is 11.7. The number of hydrogen-bond acceptors (Lipinski definition) is 5. The number of morpholine rings is 1. The number of ether oxygens (including phenoxy) is 2. The van der Waals surface area contributed by atoms with Crippen LogP contribution in [0.4, 0.5) is 0 Å². The molecular formula is C14H25NO4. The highest BCUT2D eigenvalue weighted by atomic mass is 16.6. The van der Waals surface area contributed by atoms with Gasteiger partial charge in [-0.15, -0.1) is 0 Å². The number of ketones is 1. The van der Waals surface area contributed by atoms with Crippen LogP contribution in [0.15, 0.2) is 0 Å². The first-order valence-corrected chi connectivity index (χ1v) is 6.77. The zero-order valence-corrected chi connectivity index (χ0v) is 12.6. The second kappa shape index (κ2) is 6.48. The van der Waals surface area contributed by atoms with Crippen LogP contribution < -0.4 is 0 Å². The van der Waals surface area contributed by atoms with Crippen molar-refractivity contribution in [3.05, 3.63) is 0 Å². The number of esters is 1.